The summed E-state index contributed by atoms with van der Waals surface area (Å²) in [5.41, 5.74) is 0. The van der Waals surface area contributed by atoms with Gasteiger partial charge in [-0.1, -0.05) is 0 Å². The van der Waals surface area contributed by atoms with Crippen LogP contribution in [-0.4, -0.2) is 38.0 Å². The molecule has 0 aliphatic heterocycles. The van der Waals surface area contributed by atoms with Crippen molar-refractivity contribution in [3.63, 3.8) is 0 Å². The van der Waals surface area contributed by atoms with Crippen LogP contribution >= 0.6 is 0 Å². The van der Waals surface area contributed by atoms with Crippen LogP contribution in [0.2, 0.25) is 13.3 Å². The second-order valence-corrected chi connectivity index (χ2v) is 17.2. The van der Waals surface area contributed by atoms with E-state index in [0.717, 1.165) is 0 Å². The maximum absolute atomic E-state index is 12.0. The number of ether oxygens (including phenoxy) is 1. The Morgan fingerprint density at radius 3 is 1.65 bits per heavy atom. The third-order valence-corrected chi connectivity index (χ3v) is 16.4. The van der Waals surface area contributed by atoms with Gasteiger partial charge >= 0.3 is 130 Å². The molecule has 0 unspecified atom stereocenters. The summed E-state index contributed by atoms with van der Waals surface area (Å²) >= 11 is -2.74. The van der Waals surface area contributed by atoms with Gasteiger partial charge in [-0.25, -0.2) is 0 Å². The fourth-order valence-electron chi connectivity index (χ4n) is 2.48. The van der Waals surface area contributed by atoms with Crippen molar-refractivity contribution in [1.82, 2.24) is 0 Å². The molecule has 0 aromatic rings. The predicted octanol–water partition coefficient (Wildman–Crippen LogP) is 4.91. The summed E-state index contributed by atoms with van der Waals surface area (Å²) in [4.78, 5) is 12.0. The van der Waals surface area contributed by atoms with E-state index in [9.17, 15) is 4.79 Å². The first-order chi connectivity index (χ1) is 9.64. The second-order valence-electron chi connectivity index (χ2n) is 5.60. The SMILES string of the molecule is CCC[CH2][Sn]([CH2]CCC)([CH2]CCC)[O]C(=O)COCC. The van der Waals surface area contributed by atoms with Crippen LogP contribution in [0.15, 0.2) is 0 Å². The summed E-state index contributed by atoms with van der Waals surface area (Å²) in [6.45, 7) is 9.29. The van der Waals surface area contributed by atoms with Gasteiger partial charge in [0.15, 0.2) is 0 Å². The minimum absolute atomic E-state index is 0.106. The van der Waals surface area contributed by atoms with E-state index in [1.54, 1.807) is 0 Å². The first-order valence-corrected chi connectivity index (χ1v) is 15.7. The fraction of sp³-hybridized carbons (Fsp3) is 0.938. The Bertz CT molecular complexity index is 222. The predicted molar refractivity (Wildman–Crippen MR) is 87.5 cm³/mol. The van der Waals surface area contributed by atoms with Gasteiger partial charge in [0.25, 0.3) is 0 Å². The average Bonchev–Trinajstić information content (AvgIpc) is 2.46. The Kier molecular flexibility index (Phi) is 13.1. The number of unbranched alkanes of at least 4 members (excludes halogenated alkanes) is 3. The van der Waals surface area contributed by atoms with E-state index in [-0.39, 0.29) is 12.6 Å². The average molecular weight is 393 g/mol. The minimum atomic E-state index is -2.74. The molecule has 120 valence electrons. The molecule has 0 aliphatic rings. The van der Waals surface area contributed by atoms with E-state index in [0.29, 0.717) is 6.61 Å². The van der Waals surface area contributed by atoms with Crippen molar-refractivity contribution in [2.45, 2.75) is 79.5 Å². The first kappa shape index (κ1) is 20.2. The Hall–Kier alpha value is 0.229. The van der Waals surface area contributed by atoms with Crippen molar-refractivity contribution in [2.75, 3.05) is 13.2 Å². The van der Waals surface area contributed by atoms with Crippen LogP contribution in [0.5, 0.6) is 0 Å². The Balaban J connectivity index is 4.68. The Morgan fingerprint density at radius 1 is 0.850 bits per heavy atom. The van der Waals surface area contributed by atoms with Gasteiger partial charge in [0.05, 0.1) is 0 Å². The van der Waals surface area contributed by atoms with Crippen LogP contribution in [-0.2, 0) is 12.6 Å². The summed E-state index contributed by atoms with van der Waals surface area (Å²) < 4.78 is 14.9. The molecule has 0 atom stereocenters. The molecule has 3 nitrogen and oxygen atoms in total. The molecule has 0 saturated carbocycles. The van der Waals surface area contributed by atoms with Crippen LogP contribution in [0.4, 0.5) is 0 Å². The summed E-state index contributed by atoms with van der Waals surface area (Å²) in [6, 6.07) is 0. The molecule has 0 amide bonds. The molecule has 0 heterocycles. The molecule has 20 heavy (non-hydrogen) atoms. The first-order valence-electron chi connectivity index (χ1n) is 8.43. The molecule has 4 heteroatoms. The van der Waals surface area contributed by atoms with Crippen LogP contribution in [0.1, 0.15) is 66.2 Å². The standard InChI is InChI=1S/C4H8O3.3C4H9.Sn/c1-2-7-3-4(5)6;3*1-3-4-2;/h2-3H2,1H3,(H,5,6);3*1,3-4H2,2H3;/q;;;;+1/p-1. The van der Waals surface area contributed by atoms with Crippen molar-refractivity contribution < 1.29 is 12.6 Å². The van der Waals surface area contributed by atoms with Gasteiger partial charge in [0.2, 0.25) is 0 Å². The van der Waals surface area contributed by atoms with E-state index in [2.05, 4.69) is 20.8 Å². The van der Waals surface area contributed by atoms with Gasteiger partial charge in [-0.05, 0) is 0 Å². The van der Waals surface area contributed by atoms with Crippen molar-refractivity contribution >= 4 is 24.8 Å². The van der Waals surface area contributed by atoms with Gasteiger partial charge in [-0.3, -0.25) is 0 Å². The molecule has 0 aromatic carbocycles. The van der Waals surface area contributed by atoms with Crippen LogP contribution in [0.3, 0.4) is 0 Å². The van der Waals surface area contributed by atoms with E-state index >= 15 is 0 Å². The third-order valence-electron chi connectivity index (χ3n) is 3.71. The van der Waals surface area contributed by atoms with Crippen molar-refractivity contribution in [1.29, 1.82) is 0 Å². The quantitative estimate of drug-likeness (QED) is 0.417. The molecular weight excluding hydrogens is 359 g/mol. The van der Waals surface area contributed by atoms with Gasteiger partial charge in [0, 0.05) is 0 Å². The summed E-state index contributed by atoms with van der Waals surface area (Å²) in [5.74, 6) is -0.106. The zero-order valence-electron chi connectivity index (χ0n) is 14.0. The molecule has 0 rings (SSSR count). The number of rotatable bonds is 13. The molecule has 0 saturated heterocycles. The maximum atomic E-state index is 12.0. The monoisotopic (exact) mass is 394 g/mol. The summed E-state index contributed by atoms with van der Waals surface area (Å²) in [7, 11) is 0. The topological polar surface area (TPSA) is 35.5 Å². The number of hydrogen-bond donors (Lipinski definition) is 0. The van der Waals surface area contributed by atoms with E-state index in [4.69, 9.17) is 7.81 Å². The van der Waals surface area contributed by atoms with Crippen LogP contribution in [0.25, 0.3) is 0 Å². The Morgan fingerprint density at radius 2 is 1.30 bits per heavy atom. The zero-order chi connectivity index (χ0) is 15.3. The van der Waals surface area contributed by atoms with Gasteiger partial charge in [-0.15, -0.1) is 0 Å². The molecule has 0 fully saturated rings. The molecule has 0 spiro atoms. The van der Waals surface area contributed by atoms with E-state index in [1.807, 2.05) is 6.92 Å². The number of carbonyl (C=O) groups is 1. The molecule has 0 radical (unpaired) electrons. The van der Waals surface area contributed by atoms with Crippen LogP contribution < -0.4 is 0 Å². The number of hydrogen-bond acceptors (Lipinski definition) is 3. The molecule has 0 N–H and O–H groups in total. The van der Waals surface area contributed by atoms with Gasteiger partial charge in [-0.2, -0.15) is 0 Å². The Labute approximate surface area is 130 Å². The third kappa shape index (κ3) is 9.22. The second kappa shape index (κ2) is 12.9. The zero-order valence-corrected chi connectivity index (χ0v) is 16.9. The molecule has 0 aliphatic carbocycles. The van der Waals surface area contributed by atoms with Crippen LogP contribution in [0, 0.1) is 0 Å². The van der Waals surface area contributed by atoms with Gasteiger partial charge in [0.1, 0.15) is 0 Å². The molecule has 0 aromatic heterocycles. The van der Waals surface area contributed by atoms with Gasteiger partial charge < -0.3 is 0 Å². The molecular formula is C16H34O3Sn. The number of carbonyl (C=O) groups excluding carboxylic acids is 1. The molecule has 0 bridgehead atoms. The van der Waals surface area contributed by atoms with Crippen molar-refractivity contribution in [3.05, 3.63) is 0 Å². The summed E-state index contributed by atoms with van der Waals surface area (Å²) in [5, 5.41) is 0. The van der Waals surface area contributed by atoms with E-state index < -0.39 is 18.8 Å². The summed E-state index contributed by atoms with van der Waals surface area (Å²) in [6.07, 6.45) is 7.22. The van der Waals surface area contributed by atoms with Crippen molar-refractivity contribution in [3.8, 4) is 0 Å². The normalized spacial score (nSPS) is 11.6. The van der Waals surface area contributed by atoms with E-state index in [1.165, 1.54) is 51.8 Å². The fourth-order valence-corrected chi connectivity index (χ4v) is 15.6. The van der Waals surface area contributed by atoms with Crippen molar-refractivity contribution in [2.24, 2.45) is 0 Å².